The molecule has 0 spiro atoms. The van der Waals surface area contributed by atoms with Crippen LogP contribution in [0.5, 0.6) is 0 Å². The van der Waals surface area contributed by atoms with Crippen LogP contribution in [0.3, 0.4) is 0 Å². The normalized spacial score (nSPS) is 15.3. The van der Waals surface area contributed by atoms with Crippen LogP contribution >= 0.6 is 11.3 Å². The van der Waals surface area contributed by atoms with Crippen LogP contribution in [-0.2, 0) is 16.1 Å². The van der Waals surface area contributed by atoms with Gasteiger partial charge in [-0.1, -0.05) is 89.7 Å². The van der Waals surface area contributed by atoms with Crippen molar-refractivity contribution in [3.63, 3.8) is 0 Å². The molecule has 2 aromatic heterocycles. The standard InChI is InChI=1S/C35H33N3O3S/c1-21(2)41-34(40)31-23(4)36-35-38(32(31)26-14-7-6-8-15-26)33(39)30(42-35)19-28-24(5)37(29-17-10-9-16-27(28)29)20-25-13-11-12-22(3)18-25/h6-19,21,32H,20H2,1-5H3. The first-order chi connectivity index (χ1) is 20.2. The predicted octanol–water partition coefficient (Wildman–Crippen LogP) is 5.81. The predicted molar refractivity (Wildman–Crippen MR) is 168 cm³/mol. The molecule has 0 amide bonds. The molecule has 0 saturated heterocycles. The molecule has 0 aliphatic carbocycles. The maximum absolute atomic E-state index is 14.2. The first-order valence-corrected chi connectivity index (χ1v) is 15.0. The first kappa shape index (κ1) is 27.7. The zero-order valence-electron chi connectivity index (χ0n) is 24.4. The number of hydrogen-bond donors (Lipinski definition) is 0. The number of hydrogen-bond acceptors (Lipinski definition) is 5. The summed E-state index contributed by atoms with van der Waals surface area (Å²) < 4.78 is 10.1. The van der Waals surface area contributed by atoms with Gasteiger partial charge in [-0.05, 0) is 57.9 Å². The van der Waals surface area contributed by atoms with Gasteiger partial charge in [-0.25, -0.2) is 9.79 Å². The lowest BCUT2D eigenvalue weighted by Gasteiger charge is -2.25. The van der Waals surface area contributed by atoms with E-state index < -0.39 is 12.0 Å². The molecule has 1 aliphatic heterocycles. The molecule has 3 aromatic carbocycles. The van der Waals surface area contributed by atoms with E-state index in [2.05, 4.69) is 54.8 Å². The lowest BCUT2D eigenvalue weighted by molar-refractivity contribution is -0.143. The van der Waals surface area contributed by atoms with Crippen molar-refractivity contribution < 1.29 is 9.53 Å². The molecule has 42 heavy (non-hydrogen) atoms. The van der Waals surface area contributed by atoms with Crippen LogP contribution in [0, 0.1) is 13.8 Å². The Kier molecular flexibility index (Phi) is 7.29. The number of rotatable bonds is 6. The van der Waals surface area contributed by atoms with Crippen molar-refractivity contribution in [1.29, 1.82) is 0 Å². The van der Waals surface area contributed by atoms with E-state index in [0.717, 1.165) is 34.3 Å². The lowest BCUT2D eigenvalue weighted by Crippen LogP contribution is -2.40. The van der Waals surface area contributed by atoms with Gasteiger partial charge in [-0.3, -0.25) is 9.36 Å². The molecule has 6 rings (SSSR count). The smallest absolute Gasteiger partial charge is 0.338 e. The van der Waals surface area contributed by atoms with E-state index in [1.54, 1.807) is 4.57 Å². The zero-order valence-corrected chi connectivity index (χ0v) is 25.2. The van der Waals surface area contributed by atoms with Crippen LogP contribution in [0.4, 0.5) is 0 Å². The Balaban J connectivity index is 1.54. The molecule has 3 heterocycles. The van der Waals surface area contributed by atoms with Crippen LogP contribution in [0.15, 0.2) is 99.9 Å². The maximum Gasteiger partial charge on any atom is 0.338 e. The summed E-state index contributed by atoms with van der Waals surface area (Å²) in [4.78, 5) is 32.8. The van der Waals surface area contributed by atoms with Gasteiger partial charge in [0.25, 0.3) is 5.56 Å². The van der Waals surface area contributed by atoms with E-state index in [9.17, 15) is 9.59 Å². The summed E-state index contributed by atoms with van der Waals surface area (Å²) in [6.45, 7) is 10.4. The Hall–Kier alpha value is -4.49. The van der Waals surface area contributed by atoms with Gasteiger partial charge in [0.05, 0.1) is 27.9 Å². The molecule has 212 valence electrons. The van der Waals surface area contributed by atoms with Crippen LogP contribution < -0.4 is 14.9 Å². The van der Waals surface area contributed by atoms with E-state index >= 15 is 0 Å². The number of aryl methyl sites for hydroxylation is 1. The molecule has 0 saturated carbocycles. The van der Waals surface area contributed by atoms with Crippen LogP contribution in [-0.4, -0.2) is 21.2 Å². The van der Waals surface area contributed by atoms with Crippen molar-refractivity contribution in [2.45, 2.75) is 53.3 Å². The third kappa shape index (κ3) is 4.94. The van der Waals surface area contributed by atoms with Crippen molar-refractivity contribution in [1.82, 2.24) is 9.13 Å². The number of allylic oxidation sites excluding steroid dienone is 1. The monoisotopic (exact) mass is 575 g/mol. The fourth-order valence-electron chi connectivity index (χ4n) is 5.78. The molecular formula is C35H33N3O3S. The maximum atomic E-state index is 14.2. The third-order valence-corrected chi connectivity index (χ3v) is 8.66. The molecule has 7 heteroatoms. The van der Waals surface area contributed by atoms with E-state index in [1.807, 2.05) is 69.3 Å². The number of thiazole rings is 1. The number of fused-ring (bicyclic) bond motifs is 2. The zero-order chi connectivity index (χ0) is 29.5. The Morgan fingerprint density at radius 2 is 1.74 bits per heavy atom. The highest BCUT2D eigenvalue weighted by molar-refractivity contribution is 7.07. The molecule has 1 atom stereocenters. The average Bonchev–Trinajstić information content (AvgIpc) is 3.41. The van der Waals surface area contributed by atoms with Gasteiger partial charge >= 0.3 is 5.97 Å². The second-order valence-corrected chi connectivity index (χ2v) is 12.0. The van der Waals surface area contributed by atoms with Gasteiger partial charge in [0.2, 0.25) is 0 Å². The first-order valence-electron chi connectivity index (χ1n) is 14.1. The topological polar surface area (TPSA) is 65.6 Å². The summed E-state index contributed by atoms with van der Waals surface area (Å²) in [6.07, 6.45) is 1.70. The number of benzene rings is 3. The second-order valence-electron chi connectivity index (χ2n) is 11.0. The highest BCUT2D eigenvalue weighted by Gasteiger charge is 2.33. The SMILES string of the molecule is CC1=C(C(=O)OC(C)C)C(c2ccccc2)n2c(sc(=Cc3c(C)n(Cc4cccc(C)c4)c4ccccc34)c2=O)=N1. The number of para-hydroxylation sites is 1. The summed E-state index contributed by atoms with van der Waals surface area (Å²) in [7, 11) is 0. The summed E-state index contributed by atoms with van der Waals surface area (Å²) in [6, 6.07) is 25.9. The number of carbonyl (C=O) groups excluding carboxylic acids is 1. The van der Waals surface area contributed by atoms with Gasteiger partial charge in [0.15, 0.2) is 4.80 Å². The van der Waals surface area contributed by atoms with Crippen molar-refractivity contribution in [3.05, 3.63) is 138 Å². The second kappa shape index (κ2) is 11.1. The van der Waals surface area contributed by atoms with Crippen LogP contribution in [0.2, 0.25) is 0 Å². The van der Waals surface area contributed by atoms with Gasteiger partial charge in [0.1, 0.15) is 0 Å². The summed E-state index contributed by atoms with van der Waals surface area (Å²) >= 11 is 1.35. The largest absolute Gasteiger partial charge is 0.459 e. The summed E-state index contributed by atoms with van der Waals surface area (Å²) in [5.74, 6) is -0.454. The fraction of sp³-hybridized carbons (Fsp3) is 0.229. The number of aromatic nitrogens is 2. The van der Waals surface area contributed by atoms with E-state index in [-0.39, 0.29) is 11.7 Å². The minimum atomic E-state index is -0.625. The molecule has 5 aromatic rings. The van der Waals surface area contributed by atoms with Gasteiger partial charge < -0.3 is 9.30 Å². The minimum Gasteiger partial charge on any atom is -0.459 e. The number of esters is 1. The fourth-order valence-corrected chi connectivity index (χ4v) is 6.81. The highest BCUT2D eigenvalue weighted by Crippen LogP contribution is 2.31. The Labute approximate surface area is 248 Å². The van der Waals surface area contributed by atoms with Crippen LogP contribution in [0.1, 0.15) is 54.8 Å². The van der Waals surface area contributed by atoms with E-state index in [4.69, 9.17) is 9.73 Å². The molecule has 0 radical (unpaired) electrons. The lowest BCUT2D eigenvalue weighted by atomic mass is 9.96. The Morgan fingerprint density at radius 1 is 1.00 bits per heavy atom. The average molecular weight is 576 g/mol. The van der Waals surface area contributed by atoms with Gasteiger partial charge in [-0.15, -0.1) is 0 Å². The van der Waals surface area contributed by atoms with E-state index in [1.165, 1.54) is 22.5 Å². The summed E-state index contributed by atoms with van der Waals surface area (Å²) in [5.41, 5.74) is 7.27. The molecule has 1 unspecified atom stereocenters. The molecule has 6 nitrogen and oxygen atoms in total. The van der Waals surface area contributed by atoms with Crippen molar-refractivity contribution in [3.8, 4) is 0 Å². The quantitative estimate of drug-likeness (QED) is 0.240. The summed E-state index contributed by atoms with van der Waals surface area (Å²) in [5, 5.41) is 1.09. The van der Waals surface area contributed by atoms with Crippen molar-refractivity contribution in [2.75, 3.05) is 0 Å². The number of ether oxygens (including phenoxy) is 1. The third-order valence-electron chi connectivity index (χ3n) is 7.68. The van der Waals surface area contributed by atoms with Crippen molar-refractivity contribution in [2.24, 2.45) is 4.99 Å². The van der Waals surface area contributed by atoms with Gasteiger partial charge in [-0.2, -0.15) is 0 Å². The Morgan fingerprint density at radius 3 is 2.48 bits per heavy atom. The van der Waals surface area contributed by atoms with Gasteiger partial charge in [0, 0.05) is 28.7 Å². The number of carbonyl (C=O) groups is 1. The van der Waals surface area contributed by atoms with Crippen LogP contribution in [0.25, 0.3) is 17.0 Å². The van der Waals surface area contributed by atoms with E-state index in [0.29, 0.717) is 20.6 Å². The number of nitrogens with zero attached hydrogens (tertiary/aromatic N) is 3. The Bertz CT molecular complexity index is 2040. The highest BCUT2D eigenvalue weighted by atomic mass is 32.1. The molecule has 1 aliphatic rings. The minimum absolute atomic E-state index is 0.176. The molecule has 0 N–H and O–H groups in total. The van der Waals surface area contributed by atoms with Crippen molar-refractivity contribution >= 4 is 34.3 Å². The molecule has 0 fully saturated rings. The molecule has 0 bridgehead atoms. The molecular weight excluding hydrogens is 542 g/mol.